The third kappa shape index (κ3) is 17.3. The largest absolute Gasteiger partial charge is 0.354 e. The van der Waals surface area contributed by atoms with Gasteiger partial charge in [-0.05, 0) is 19.3 Å². The predicted molar refractivity (Wildman–Crippen MR) is 139 cm³/mol. The Labute approximate surface area is 199 Å². The Morgan fingerprint density at radius 1 is 0.719 bits per heavy atom. The summed E-state index contributed by atoms with van der Waals surface area (Å²) in [4.78, 5) is 24.4. The van der Waals surface area contributed by atoms with Crippen molar-refractivity contribution in [1.82, 2.24) is 10.6 Å². The number of carbonyl (C=O) groups is 2. The van der Waals surface area contributed by atoms with Gasteiger partial charge in [-0.3, -0.25) is 9.59 Å². The normalized spacial score (nSPS) is 12.9. The van der Waals surface area contributed by atoms with Crippen LogP contribution >= 0.6 is 0 Å². The van der Waals surface area contributed by atoms with Crippen molar-refractivity contribution in [1.29, 1.82) is 0 Å². The van der Waals surface area contributed by atoms with Crippen LogP contribution in [0.1, 0.15) is 137 Å². The molecule has 0 aromatic heterocycles. The standard InChI is InChI=1S/C28H54N2O2/c1-6-8-9-10-11-12-13-14-15-16-17-18-19-20-21-22-23-29-28(32)26(25(5)7-2)30-27(31)24(3)4/h25-26H,3,6-23H2,1-2,4-5H3,(H,29,32)(H,30,31)/t25-,26-/m0/s1. The summed E-state index contributed by atoms with van der Waals surface area (Å²) in [7, 11) is 0. The van der Waals surface area contributed by atoms with Crippen LogP contribution in [0.15, 0.2) is 12.2 Å². The Hall–Kier alpha value is -1.32. The maximum Gasteiger partial charge on any atom is 0.246 e. The highest BCUT2D eigenvalue weighted by molar-refractivity contribution is 5.96. The van der Waals surface area contributed by atoms with Gasteiger partial charge in [-0.15, -0.1) is 0 Å². The second-order valence-corrected chi connectivity index (χ2v) is 9.71. The Kier molecular flexibility index (Phi) is 20.6. The molecule has 0 aromatic carbocycles. The van der Waals surface area contributed by atoms with Crippen LogP contribution in [0.5, 0.6) is 0 Å². The molecule has 0 aliphatic carbocycles. The van der Waals surface area contributed by atoms with E-state index in [1.54, 1.807) is 6.92 Å². The smallest absolute Gasteiger partial charge is 0.246 e. The number of rotatable bonds is 22. The monoisotopic (exact) mass is 450 g/mol. The van der Waals surface area contributed by atoms with E-state index in [4.69, 9.17) is 0 Å². The average Bonchev–Trinajstić information content (AvgIpc) is 2.78. The van der Waals surface area contributed by atoms with Gasteiger partial charge in [-0.1, -0.05) is 130 Å². The molecule has 2 N–H and O–H groups in total. The fourth-order valence-electron chi connectivity index (χ4n) is 3.96. The molecule has 0 saturated heterocycles. The van der Waals surface area contributed by atoms with E-state index in [1.807, 2.05) is 13.8 Å². The van der Waals surface area contributed by atoms with Gasteiger partial charge in [0.1, 0.15) is 6.04 Å². The lowest BCUT2D eigenvalue weighted by atomic mass is 9.98. The van der Waals surface area contributed by atoms with Gasteiger partial charge in [0.15, 0.2) is 0 Å². The first-order valence-electron chi connectivity index (χ1n) is 13.7. The first-order valence-corrected chi connectivity index (χ1v) is 13.7. The van der Waals surface area contributed by atoms with E-state index in [1.165, 1.54) is 89.9 Å². The first kappa shape index (κ1) is 30.7. The molecule has 0 aliphatic heterocycles. The fourth-order valence-corrected chi connectivity index (χ4v) is 3.96. The zero-order chi connectivity index (χ0) is 24.0. The molecule has 2 atom stereocenters. The van der Waals surface area contributed by atoms with Crippen LogP contribution in [0.4, 0.5) is 0 Å². The zero-order valence-corrected chi connectivity index (χ0v) is 21.9. The van der Waals surface area contributed by atoms with Gasteiger partial charge in [0.05, 0.1) is 0 Å². The average molecular weight is 451 g/mol. The summed E-state index contributed by atoms with van der Waals surface area (Å²) in [5, 5.41) is 5.83. The van der Waals surface area contributed by atoms with Crippen LogP contribution in [0.3, 0.4) is 0 Å². The molecule has 0 spiro atoms. The Bertz CT molecular complexity index is 490. The summed E-state index contributed by atoms with van der Waals surface area (Å²) in [6.45, 7) is 12.3. The van der Waals surface area contributed by atoms with Gasteiger partial charge in [-0.2, -0.15) is 0 Å². The van der Waals surface area contributed by atoms with Gasteiger partial charge >= 0.3 is 0 Å². The Morgan fingerprint density at radius 3 is 1.50 bits per heavy atom. The molecular formula is C28H54N2O2. The van der Waals surface area contributed by atoms with Gasteiger partial charge in [0, 0.05) is 12.1 Å². The molecular weight excluding hydrogens is 396 g/mol. The molecule has 0 saturated carbocycles. The molecule has 4 heteroatoms. The quantitative estimate of drug-likeness (QED) is 0.133. The molecule has 188 valence electrons. The van der Waals surface area contributed by atoms with E-state index in [0.717, 1.165) is 19.3 Å². The van der Waals surface area contributed by atoms with Crippen molar-refractivity contribution in [2.45, 2.75) is 143 Å². The summed E-state index contributed by atoms with van der Waals surface area (Å²) < 4.78 is 0. The van der Waals surface area contributed by atoms with Gasteiger partial charge in [0.2, 0.25) is 11.8 Å². The molecule has 0 rings (SSSR count). The lowest BCUT2D eigenvalue weighted by Crippen LogP contribution is -2.50. The van der Waals surface area contributed by atoms with Crippen molar-refractivity contribution in [3.63, 3.8) is 0 Å². The minimum absolute atomic E-state index is 0.0742. The molecule has 4 nitrogen and oxygen atoms in total. The van der Waals surface area contributed by atoms with Crippen LogP contribution in [-0.2, 0) is 9.59 Å². The van der Waals surface area contributed by atoms with Crippen LogP contribution < -0.4 is 10.6 Å². The first-order chi connectivity index (χ1) is 15.4. The molecule has 0 aliphatic rings. The van der Waals surface area contributed by atoms with E-state index in [-0.39, 0.29) is 17.7 Å². The topological polar surface area (TPSA) is 58.2 Å². The number of hydrogen-bond donors (Lipinski definition) is 2. The number of unbranched alkanes of at least 4 members (excludes halogenated alkanes) is 15. The van der Waals surface area contributed by atoms with Gasteiger partial charge in [0.25, 0.3) is 0 Å². The minimum atomic E-state index is -0.481. The van der Waals surface area contributed by atoms with E-state index < -0.39 is 6.04 Å². The summed E-state index contributed by atoms with van der Waals surface area (Å²) in [5.74, 6) is -0.216. The Balaban J connectivity index is 3.61. The molecule has 0 unspecified atom stereocenters. The molecule has 32 heavy (non-hydrogen) atoms. The van der Waals surface area contributed by atoms with Crippen molar-refractivity contribution >= 4 is 11.8 Å². The highest BCUT2D eigenvalue weighted by atomic mass is 16.2. The van der Waals surface area contributed by atoms with Crippen LogP contribution in [0.2, 0.25) is 0 Å². The van der Waals surface area contributed by atoms with Crippen molar-refractivity contribution in [2.75, 3.05) is 6.54 Å². The SMILES string of the molecule is C=C(C)C(=O)N[C@H](C(=O)NCCCCCCCCCCCCCCCCCC)[C@@H](C)CC. The van der Waals surface area contributed by atoms with Crippen molar-refractivity contribution in [3.8, 4) is 0 Å². The number of hydrogen-bond acceptors (Lipinski definition) is 2. The van der Waals surface area contributed by atoms with Crippen molar-refractivity contribution in [3.05, 3.63) is 12.2 Å². The van der Waals surface area contributed by atoms with E-state index >= 15 is 0 Å². The fraction of sp³-hybridized carbons (Fsp3) is 0.857. The van der Waals surface area contributed by atoms with Crippen LogP contribution in [0, 0.1) is 5.92 Å². The minimum Gasteiger partial charge on any atom is -0.354 e. The highest BCUT2D eigenvalue weighted by Gasteiger charge is 2.25. The lowest BCUT2D eigenvalue weighted by Gasteiger charge is -2.23. The van der Waals surface area contributed by atoms with Crippen LogP contribution in [0.25, 0.3) is 0 Å². The van der Waals surface area contributed by atoms with E-state index in [0.29, 0.717) is 12.1 Å². The van der Waals surface area contributed by atoms with Gasteiger partial charge < -0.3 is 10.6 Å². The molecule has 0 bridgehead atoms. The Morgan fingerprint density at radius 2 is 1.12 bits per heavy atom. The maximum absolute atomic E-state index is 12.5. The van der Waals surface area contributed by atoms with E-state index in [2.05, 4.69) is 24.1 Å². The number of nitrogens with one attached hydrogen (secondary N) is 2. The number of carbonyl (C=O) groups excluding carboxylic acids is 2. The highest BCUT2D eigenvalue weighted by Crippen LogP contribution is 2.14. The summed E-state index contributed by atoms with van der Waals surface area (Å²) >= 11 is 0. The zero-order valence-electron chi connectivity index (χ0n) is 21.9. The second-order valence-electron chi connectivity index (χ2n) is 9.71. The van der Waals surface area contributed by atoms with Crippen molar-refractivity contribution in [2.24, 2.45) is 5.92 Å². The molecule has 0 radical (unpaired) electrons. The van der Waals surface area contributed by atoms with E-state index in [9.17, 15) is 9.59 Å². The maximum atomic E-state index is 12.5. The molecule has 0 heterocycles. The molecule has 2 amide bonds. The van der Waals surface area contributed by atoms with Crippen molar-refractivity contribution < 1.29 is 9.59 Å². The molecule has 0 aromatic rings. The van der Waals surface area contributed by atoms with Gasteiger partial charge in [-0.25, -0.2) is 0 Å². The van der Waals surface area contributed by atoms with Crippen LogP contribution in [-0.4, -0.2) is 24.4 Å². The predicted octanol–water partition coefficient (Wildman–Crippen LogP) is 7.47. The summed E-state index contributed by atoms with van der Waals surface area (Å²) in [6, 6.07) is -0.481. The second kappa shape index (κ2) is 21.5. The number of amides is 2. The summed E-state index contributed by atoms with van der Waals surface area (Å²) in [6.07, 6.45) is 22.3. The third-order valence-electron chi connectivity index (χ3n) is 6.50. The summed E-state index contributed by atoms with van der Waals surface area (Å²) in [5.41, 5.74) is 0.434. The molecule has 0 fully saturated rings. The lowest BCUT2D eigenvalue weighted by molar-refractivity contribution is -0.128. The third-order valence-corrected chi connectivity index (χ3v) is 6.50.